The van der Waals surface area contributed by atoms with E-state index < -0.39 is 0 Å². The molecular formula is C5H10Cm2O-2. The van der Waals surface area contributed by atoms with Gasteiger partial charge in [-0.1, -0.05) is 0 Å². The molecule has 0 aromatic carbocycles. The number of aliphatic hydroxyl groups excluding tert-OH is 1. The molecule has 0 bridgehead atoms. The second-order valence-electron chi connectivity index (χ2n) is 1.23. The minimum atomic E-state index is -0.287. The molecule has 0 unspecified atom stereocenters. The zero-order chi connectivity index (χ0) is 4.99. The van der Waals surface area contributed by atoms with E-state index in [1.54, 1.807) is 0 Å². The summed E-state index contributed by atoms with van der Waals surface area (Å²) in [7, 11) is 0. The first-order valence-electron chi connectivity index (χ1n) is 2.07. The van der Waals surface area contributed by atoms with Gasteiger partial charge in [0.05, 0.1) is 0 Å². The molecule has 0 aromatic rings. The summed E-state index contributed by atoms with van der Waals surface area (Å²) >= 11 is 0. The predicted molar refractivity (Wildman–Crippen MR) is 26.0 cm³/mol. The van der Waals surface area contributed by atoms with Gasteiger partial charge in [0, 0.05) is 0 Å². The van der Waals surface area contributed by atoms with Crippen LogP contribution in [0.2, 0.25) is 0 Å². The van der Waals surface area contributed by atoms with Crippen molar-refractivity contribution in [2.24, 2.45) is 0 Å². The third-order valence-corrected chi connectivity index (χ3v) is 0.666. The fourth-order valence-corrected chi connectivity index (χ4v) is 0.144. The maximum Gasteiger partial charge on any atom is 0 e. The van der Waals surface area contributed by atoms with Gasteiger partial charge in [-0.25, -0.2) is 0 Å². The van der Waals surface area contributed by atoms with Gasteiger partial charge in [-0.2, -0.15) is 12.8 Å². The molecule has 0 aromatic heterocycles. The van der Waals surface area contributed by atoms with Crippen LogP contribution in [-0.2, 0) is 0 Å². The minimum absolute atomic E-state index is 0. The SMILES string of the molecule is [CH2-]CC(O)C[CH2-].[Cm].[Cm]. The number of hydrogen-bond donors (Lipinski definition) is 1. The van der Waals surface area contributed by atoms with Crippen LogP contribution in [0.4, 0.5) is 0 Å². The molecule has 0 spiro atoms. The first-order chi connectivity index (χ1) is 2.81. The Morgan fingerprint density at radius 1 is 1.12 bits per heavy atom. The van der Waals surface area contributed by atoms with Gasteiger partial charge in [-0.05, 0) is 6.10 Å². The molecule has 54 valence electrons. The van der Waals surface area contributed by atoms with E-state index in [1.807, 2.05) is 0 Å². The van der Waals surface area contributed by atoms with E-state index in [1.165, 1.54) is 0 Å². The van der Waals surface area contributed by atoms with Gasteiger partial charge in [-0.15, -0.1) is 0 Å². The summed E-state index contributed by atoms with van der Waals surface area (Å²) in [4.78, 5) is 0. The van der Waals surface area contributed by atoms with E-state index in [9.17, 15) is 0 Å². The monoisotopic (exact) mass is 572 g/mol. The molecule has 8 heavy (non-hydrogen) atoms. The molecule has 0 amide bonds. The van der Waals surface area contributed by atoms with Gasteiger partial charge in [0.25, 0.3) is 0 Å². The maximum atomic E-state index is 8.54. The van der Waals surface area contributed by atoms with Crippen molar-refractivity contribution < 1.29 is 5.11 Å². The first kappa shape index (κ1) is 16.7. The van der Waals surface area contributed by atoms with E-state index in [4.69, 9.17) is 5.11 Å². The fourth-order valence-electron chi connectivity index (χ4n) is 0.144. The Labute approximate surface area is 39.0 Å². The number of aliphatic hydroxyl groups is 1. The second-order valence-corrected chi connectivity index (χ2v) is 1.23. The van der Waals surface area contributed by atoms with Crippen LogP contribution < -0.4 is 0 Å². The van der Waals surface area contributed by atoms with Crippen LogP contribution >= 0.6 is 0 Å². The van der Waals surface area contributed by atoms with E-state index in [0.717, 1.165) is 0 Å². The molecule has 0 saturated heterocycles. The van der Waals surface area contributed by atoms with Crippen LogP contribution in [0.25, 0.3) is 0 Å². The summed E-state index contributed by atoms with van der Waals surface area (Å²) < 4.78 is 0. The van der Waals surface area contributed by atoms with E-state index in [-0.39, 0.29) is 6.10 Å². The van der Waals surface area contributed by atoms with Crippen LogP contribution in [0.15, 0.2) is 0 Å². The van der Waals surface area contributed by atoms with Crippen molar-refractivity contribution in [2.75, 3.05) is 0 Å². The van der Waals surface area contributed by atoms with Crippen molar-refractivity contribution in [3.05, 3.63) is 13.8 Å². The summed E-state index contributed by atoms with van der Waals surface area (Å²) in [5.74, 6) is 0. The molecule has 0 aliphatic rings. The standard InChI is InChI=1S/C5H10O.2Cm/c1-3-5(6)4-2;;/h5-6H,1-4H2;;/q-2;;. The first-order valence-corrected chi connectivity index (χ1v) is 2.07. The van der Waals surface area contributed by atoms with Crippen LogP contribution in [-0.4, -0.2) is 11.2 Å². The molecule has 0 atom stereocenters. The van der Waals surface area contributed by atoms with Gasteiger partial charge in [0.1, 0.15) is 0 Å². The molecule has 1 N–H and O–H groups in total. The second kappa shape index (κ2) is 8.88. The summed E-state index contributed by atoms with van der Waals surface area (Å²) in [6, 6.07) is 0. The van der Waals surface area contributed by atoms with Gasteiger partial charge in [-0.3, -0.25) is 0 Å². The van der Waals surface area contributed by atoms with E-state index >= 15 is 0 Å². The average molecular weight is 580 g/mol. The molecule has 3 heteroatoms. The van der Waals surface area contributed by atoms with Crippen LogP contribution in [0.3, 0.4) is 0 Å². The van der Waals surface area contributed by atoms with Crippen molar-refractivity contribution in [1.29, 1.82) is 0 Å². The normalized spacial score (nSPS) is 7.50. The Morgan fingerprint density at radius 2 is 1.38 bits per heavy atom. The van der Waals surface area contributed by atoms with Crippen molar-refractivity contribution >= 4 is 0 Å². The van der Waals surface area contributed by atoms with Crippen molar-refractivity contribution in [1.82, 2.24) is 0 Å². The fraction of sp³-hybridized carbons (Fsp3) is 0.600. The van der Waals surface area contributed by atoms with Crippen LogP contribution in [0.5, 0.6) is 0 Å². The third kappa shape index (κ3) is 9.03. The Morgan fingerprint density at radius 3 is 1.38 bits per heavy atom. The molecule has 0 rings (SSSR count). The van der Waals surface area contributed by atoms with Crippen molar-refractivity contribution in [3.63, 3.8) is 0 Å². The van der Waals surface area contributed by atoms with Gasteiger partial charge in [0.2, 0.25) is 0 Å². The van der Waals surface area contributed by atoms with Crippen molar-refractivity contribution in [2.45, 2.75) is 18.9 Å². The molecule has 0 heterocycles. The Balaban J connectivity index is -0.000000125. The maximum absolute atomic E-state index is 8.54. The predicted octanol–water partition coefficient (Wildman–Crippen LogP) is 0.796. The minimum Gasteiger partial charge on any atom is -0.398 e. The quantitative estimate of drug-likeness (QED) is 0.480. The molecule has 0 aliphatic heterocycles. The van der Waals surface area contributed by atoms with Gasteiger partial charge < -0.3 is 19.0 Å². The summed E-state index contributed by atoms with van der Waals surface area (Å²) in [5, 5.41) is 8.54. The molecule has 0 radical (unpaired) electrons. The number of rotatable bonds is 2. The van der Waals surface area contributed by atoms with E-state index in [0.29, 0.717) is 12.8 Å². The summed E-state index contributed by atoms with van der Waals surface area (Å²) in [5.41, 5.74) is 0. The van der Waals surface area contributed by atoms with Gasteiger partial charge in [0.15, 0.2) is 0 Å². The van der Waals surface area contributed by atoms with Gasteiger partial charge >= 0.3 is 0 Å². The summed E-state index contributed by atoms with van der Waals surface area (Å²) in [6.45, 7) is 6.93. The topological polar surface area (TPSA) is 20.2 Å². The smallest absolute Gasteiger partial charge is 0 e. The molecule has 1 nitrogen and oxygen atoms in total. The molecule has 0 saturated carbocycles. The Bertz CT molecular complexity index is 29.6. The zero-order valence-electron chi connectivity index (χ0n) is 4.56. The summed E-state index contributed by atoms with van der Waals surface area (Å²) in [6.07, 6.45) is 0.859. The zero-order valence-corrected chi connectivity index (χ0v) is 10.4. The van der Waals surface area contributed by atoms with E-state index in [2.05, 4.69) is 13.8 Å². The van der Waals surface area contributed by atoms with Crippen LogP contribution in [0, 0.1) is 13.8 Å². The van der Waals surface area contributed by atoms with Crippen LogP contribution in [0.1, 0.15) is 12.8 Å². The average Bonchev–Trinajstić information content (AvgIpc) is 1.65. The molecule has 0 fully saturated rings. The number of hydrogen-bond acceptors (Lipinski definition) is 1. The van der Waals surface area contributed by atoms with Crippen molar-refractivity contribution in [3.8, 4) is 0 Å². The Kier molecular flexibility index (Phi) is 18.6. The molecular weight excluding hydrogens is 570 g/mol. The third-order valence-electron chi connectivity index (χ3n) is 0.666. The largest absolute Gasteiger partial charge is 0.398 e. The Hall–Kier alpha value is -2.04. The molecule has 0 aliphatic carbocycles.